The SMILES string of the molecule is Oc1cc(-c2ccccc2)cc(Cl)c1C(O)C1CCN(c2ncccn2)CC1. The van der Waals surface area contributed by atoms with Gasteiger partial charge in [0.05, 0.1) is 11.1 Å². The van der Waals surface area contributed by atoms with Gasteiger partial charge in [-0.2, -0.15) is 0 Å². The normalized spacial score (nSPS) is 16.1. The van der Waals surface area contributed by atoms with Gasteiger partial charge in [-0.3, -0.25) is 0 Å². The summed E-state index contributed by atoms with van der Waals surface area (Å²) in [6.45, 7) is 1.51. The van der Waals surface area contributed by atoms with E-state index in [9.17, 15) is 10.2 Å². The molecule has 0 saturated carbocycles. The number of phenolic OH excluding ortho intramolecular Hbond substituents is 1. The fraction of sp³-hybridized carbons (Fsp3) is 0.273. The Balaban J connectivity index is 1.50. The van der Waals surface area contributed by atoms with Crippen molar-refractivity contribution in [3.05, 3.63) is 71.5 Å². The van der Waals surface area contributed by atoms with Crippen molar-refractivity contribution < 1.29 is 10.2 Å². The van der Waals surface area contributed by atoms with Crippen LogP contribution in [0.4, 0.5) is 5.95 Å². The molecule has 144 valence electrons. The number of halogens is 1. The van der Waals surface area contributed by atoms with Gasteiger partial charge in [0.15, 0.2) is 0 Å². The largest absolute Gasteiger partial charge is 0.507 e. The lowest BCUT2D eigenvalue weighted by molar-refractivity contribution is 0.0905. The summed E-state index contributed by atoms with van der Waals surface area (Å²) in [6, 6.07) is 15.0. The Morgan fingerprint density at radius 3 is 2.29 bits per heavy atom. The van der Waals surface area contributed by atoms with Gasteiger partial charge in [-0.15, -0.1) is 0 Å². The molecular weight excluding hydrogens is 374 g/mol. The smallest absolute Gasteiger partial charge is 0.225 e. The van der Waals surface area contributed by atoms with Crippen LogP contribution >= 0.6 is 11.6 Å². The zero-order valence-electron chi connectivity index (χ0n) is 15.4. The van der Waals surface area contributed by atoms with Gasteiger partial charge < -0.3 is 15.1 Å². The molecule has 2 aromatic carbocycles. The number of hydrogen-bond donors (Lipinski definition) is 2. The summed E-state index contributed by atoms with van der Waals surface area (Å²) >= 11 is 6.47. The summed E-state index contributed by atoms with van der Waals surface area (Å²) in [5.41, 5.74) is 2.21. The van der Waals surface area contributed by atoms with Gasteiger partial charge in [-0.05, 0) is 48.1 Å². The number of hydrogen-bond acceptors (Lipinski definition) is 5. The number of nitrogens with zero attached hydrogens (tertiary/aromatic N) is 3. The van der Waals surface area contributed by atoms with E-state index in [0.29, 0.717) is 16.5 Å². The number of aliphatic hydroxyl groups excluding tert-OH is 1. The fourth-order valence-corrected chi connectivity index (χ4v) is 4.12. The molecule has 2 N–H and O–H groups in total. The summed E-state index contributed by atoms with van der Waals surface area (Å²) in [5.74, 6) is 0.766. The first-order chi connectivity index (χ1) is 13.6. The highest BCUT2D eigenvalue weighted by atomic mass is 35.5. The molecule has 1 unspecified atom stereocenters. The van der Waals surface area contributed by atoms with Gasteiger partial charge in [0, 0.05) is 31.0 Å². The number of phenols is 1. The maximum absolute atomic E-state index is 10.9. The quantitative estimate of drug-likeness (QED) is 0.682. The number of piperidine rings is 1. The minimum absolute atomic E-state index is 0.0194. The van der Waals surface area contributed by atoms with Crippen LogP contribution in [0, 0.1) is 5.92 Å². The zero-order chi connectivity index (χ0) is 19.5. The minimum atomic E-state index is -0.809. The molecule has 1 aromatic heterocycles. The molecule has 5 nitrogen and oxygen atoms in total. The van der Waals surface area contributed by atoms with Crippen LogP contribution in [0.1, 0.15) is 24.5 Å². The van der Waals surface area contributed by atoms with E-state index in [2.05, 4.69) is 14.9 Å². The van der Waals surface area contributed by atoms with Crippen molar-refractivity contribution in [3.8, 4) is 16.9 Å². The topological polar surface area (TPSA) is 69.5 Å². The van der Waals surface area contributed by atoms with E-state index in [-0.39, 0.29) is 11.7 Å². The first-order valence-corrected chi connectivity index (χ1v) is 9.79. The fourth-order valence-electron chi connectivity index (χ4n) is 3.80. The molecule has 28 heavy (non-hydrogen) atoms. The monoisotopic (exact) mass is 395 g/mol. The van der Waals surface area contributed by atoms with Crippen molar-refractivity contribution in [3.63, 3.8) is 0 Å². The van der Waals surface area contributed by atoms with Crippen LogP contribution in [0.15, 0.2) is 60.9 Å². The Bertz CT molecular complexity index is 906. The second kappa shape index (κ2) is 8.17. The van der Waals surface area contributed by atoms with Crippen LogP contribution in [0.5, 0.6) is 5.75 Å². The van der Waals surface area contributed by atoms with Crippen molar-refractivity contribution in [2.45, 2.75) is 18.9 Å². The Morgan fingerprint density at radius 2 is 1.64 bits per heavy atom. The van der Waals surface area contributed by atoms with Gasteiger partial charge in [0.1, 0.15) is 5.75 Å². The molecule has 1 aliphatic rings. The van der Waals surface area contributed by atoms with Crippen LogP contribution in [0.2, 0.25) is 5.02 Å². The number of anilines is 1. The molecule has 1 saturated heterocycles. The lowest BCUT2D eigenvalue weighted by Crippen LogP contribution is -2.36. The Labute approximate surface area is 169 Å². The van der Waals surface area contributed by atoms with E-state index in [4.69, 9.17) is 11.6 Å². The number of aromatic nitrogens is 2. The van der Waals surface area contributed by atoms with Crippen molar-refractivity contribution in [1.82, 2.24) is 9.97 Å². The molecule has 0 radical (unpaired) electrons. The summed E-state index contributed by atoms with van der Waals surface area (Å²) in [4.78, 5) is 10.7. The minimum Gasteiger partial charge on any atom is -0.507 e. The molecule has 1 fully saturated rings. The highest BCUT2D eigenvalue weighted by Crippen LogP contribution is 2.41. The predicted molar refractivity (Wildman–Crippen MR) is 110 cm³/mol. The molecule has 1 aliphatic heterocycles. The Kier molecular flexibility index (Phi) is 5.46. The zero-order valence-corrected chi connectivity index (χ0v) is 16.1. The van der Waals surface area contributed by atoms with Crippen LogP contribution in [-0.4, -0.2) is 33.3 Å². The van der Waals surface area contributed by atoms with Gasteiger partial charge in [-0.1, -0.05) is 41.9 Å². The maximum atomic E-state index is 10.9. The molecule has 1 atom stereocenters. The van der Waals surface area contributed by atoms with Gasteiger partial charge in [0.25, 0.3) is 0 Å². The summed E-state index contributed by atoms with van der Waals surface area (Å²) in [7, 11) is 0. The second-order valence-electron chi connectivity index (χ2n) is 7.08. The molecule has 0 spiro atoms. The van der Waals surface area contributed by atoms with Crippen LogP contribution in [-0.2, 0) is 0 Å². The standard InChI is InChI=1S/C22H22ClN3O2/c23-18-13-17(15-5-2-1-3-6-15)14-19(27)20(18)21(28)16-7-11-26(12-8-16)22-24-9-4-10-25-22/h1-6,9-10,13-14,16,21,27-28H,7-8,11-12H2. The van der Waals surface area contributed by atoms with E-state index >= 15 is 0 Å². The first-order valence-electron chi connectivity index (χ1n) is 9.41. The van der Waals surface area contributed by atoms with Gasteiger partial charge >= 0.3 is 0 Å². The van der Waals surface area contributed by atoms with E-state index < -0.39 is 6.10 Å². The lowest BCUT2D eigenvalue weighted by Gasteiger charge is -2.34. The van der Waals surface area contributed by atoms with Crippen molar-refractivity contribution >= 4 is 17.5 Å². The lowest BCUT2D eigenvalue weighted by atomic mass is 9.86. The second-order valence-corrected chi connectivity index (χ2v) is 7.48. The van der Waals surface area contributed by atoms with Crippen molar-refractivity contribution in [1.29, 1.82) is 0 Å². The third kappa shape index (κ3) is 3.81. The number of benzene rings is 2. The third-order valence-electron chi connectivity index (χ3n) is 5.33. The molecule has 6 heteroatoms. The molecule has 3 aromatic rings. The summed E-state index contributed by atoms with van der Waals surface area (Å²) in [5, 5.41) is 21.9. The Morgan fingerprint density at radius 1 is 0.964 bits per heavy atom. The molecule has 2 heterocycles. The molecule has 0 aliphatic carbocycles. The first kappa shape index (κ1) is 18.7. The average molecular weight is 396 g/mol. The summed E-state index contributed by atoms with van der Waals surface area (Å²) in [6.07, 6.45) is 4.20. The van der Waals surface area contributed by atoms with E-state index in [0.717, 1.165) is 37.1 Å². The molecule has 4 rings (SSSR count). The highest BCUT2D eigenvalue weighted by molar-refractivity contribution is 6.32. The van der Waals surface area contributed by atoms with E-state index in [1.807, 2.05) is 36.4 Å². The van der Waals surface area contributed by atoms with Crippen molar-refractivity contribution in [2.24, 2.45) is 5.92 Å². The number of aliphatic hydroxyl groups is 1. The van der Waals surface area contributed by atoms with Crippen LogP contribution in [0.25, 0.3) is 11.1 Å². The third-order valence-corrected chi connectivity index (χ3v) is 5.64. The predicted octanol–water partition coefficient (Wildman–Crippen LogP) is 4.45. The molecule has 0 bridgehead atoms. The highest BCUT2D eigenvalue weighted by Gasteiger charge is 2.30. The maximum Gasteiger partial charge on any atom is 0.225 e. The van der Waals surface area contributed by atoms with E-state index in [1.54, 1.807) is 24.5 Å². The summed E-state index contributed by atoms with van der Waals surface area (Å²) < 4.78 is 0. The Hall–Kier alpha value is -2.63. The molecule has 0 amide bonds. The van der Waals surface area contributed by atoms with Crippen LogP contribution in [0.3, 0.4) is 0 Å². The van der Waals surface area contributed by atoms with Crippen molar-refractivity contribution in [2.75, 3.05) is 18.0 Å². The number of aromatic hydroxyl groups is 1. The van der Waals surface area contributed by atoms with Crippen LogP contribution < -0.4 is 4.90 Å². The van der Waals surface area contributed by atoms with Gasteiger partial charge in [0.2, 0.25) is 5.95 Å². The van der Waals surface area contributed by atoms with Gasteiger partial charge in [-0.25, -0.2) is 9.97 Å². The molecular formula is C22H22ClN3O2. The number of rotatable bonds is 4. The average Bonchev–Trinajstić information content (AvgIpc) is 2.74. The van der Waals surface area contributed by atoms with E-state index in [1.165, 1.54) is 0 Å².